The molecule has 3 aromatic carbocycles. The molecule has 1 aromatic heterocycles. The number of fused-ring (bicyclic) bond motifs is 1. The molecule has 0 radical (unpaired) electrons. The molecule has 4 aromatic rings. The van der Waals surface area contributed by atoms with Crippen LogP contribution in [0.4, 0.5) is 0 Å². The van der Waals surface area contributed by atoms with Gasteiger partial charge in [-0.2, -0.15) is 5.10 Å². The van der Waals surface area contributed by atoms with Crippen LogP contribution >= 0.6 is 23.2 Å². The van der Waals surface area contributed by atoms with Crippen molar-refractivity contribution in [2.24, 2.45) is 0 Å². The summed E-state index contributed by atoms with van der Waals surface area (Å²) in [4.78, 5) is 27.8. The smallest absolute Gasteiger partial charge is 0.272 e. The summed E-state index contributed by atoms with van der Waals surface area (Å²) in [6.45, 7) is 1.71. The Morgan fingerprint density at radius 2 is 1.51 bits per heavy atom. The van der Waals surface area contributed by atoms with Gasteiger partial charge < -0.3 is 10.2 Å². The van der Waals surface area contributed by atoms with Crippen molar-refractivity contribution in [1.29, 1.82) is 0 Å². The summed E-state index contributed by atoms with van der Waals surface area (Å²) >= 11 is 12.6. The van der Waals surface area contributed by atoms with Gasteiger partial charge in [-0.3, -0.25) is 14.3 Å². The van der Waals surface area contributed by atoms with Crippen LogP contribution < -0.4 is 5.32 Å². The van der Waals surface area contributed by atoms with Gasteiger partial charge in [-0.05, 0) is 29.7 Å². The van der Waals surface area contributed by atoms with Crippen molar-refractivity contribution in [2.45, 2.75) is 25.4 Å². The Hall–Kier alpha value is -3.61. The molecule has 37 heavy (non-hydrogen) atoms. The fourth-order valence-corrected chi connectivity index (χ4v) is 5.21. The van der Waals surface area contributed by atoms with Crippen molar-refractivity contribution in [2.75, 3.05) is 13.1 Å². The van der Waals surface area contributed by atoms with Gasteiger partial charge in [-0.1, -0.05) is 89.9 Å². The van der Waals surface area contributed by atoms with Crippen LogP contribution in [0, 0.1) is 0 Å². The van der Waals surface area contributed by atoms with E-state index >= 15 is 0 Å². The summed E-state index contributed by atoms with van der Waals surface area (Å²) in [5, 5.41) is 8.42. The molecule has 6 nitrogen and oxygen atoms in total. The topological polar surface area (TPSA) is 67.2 Å². The Balaban J connectivity index is 1.25. The van der Waals surface area contributed by atoms with Crippen molar-refractivity contribution < 1.29 is 9.59 Å². The van der Waals surface area contributed by atoms with Gasteiger partial charge in [0.05, 0.1) is 6.54 Å². The molecule has 0 atom stereocenters. The van der Waals surface area contributed by atoms with Crippen LogP contribution in [0.2, 0.25) is 10.0 Å². The van der Waals surface area contributed by atoms with Gasteiger partial charge in [0.2, 0.25) is 0 Å². The summed E-state index contributed by atoms with van der Waals surface area (Å²) in [7, 11) is 0. The number of hydrogen-bond donors (Lipinski definition) is 1. The first kappa shape index (κ1) is 25.1. The van der Waals surface area contributed by atoms with E-state index in [1.54, 1.807) is 33.8 Å². The van der Waals surface area contributed by atoms with Crippen molar-refractivity contribution in [3.63, 3.8) is 0 Å². The maximum atomic E-state index is 13.1. The largest absolute Gasteiger partial charge is 0.351 e. The molecular formula is C29H26Cl2N4O2. The number of amides is 2. The molecule has 0 saturated heterocycles. The number of rotatable bonds is 8. The highest BCUT2D eigenvalue weighted by atomic mass is 35.5. The number of benzene rings is 3. The van der Waals surface area contributed by atoms with Crippen LogP contribution in [0.5, 0.6) is 0 Å². The Kier molecular flexibility index (Phi) is 7.58. The predicted octanol–water partition coefficient (Wildman–Crippen LogP) is 5.80. The van der Waals surface area contributed by atoms with E-state index in [0.29, 0.717) is 47.5 Å². The highest BCUT2D eigenvalue weighted by Crippen LogP contribution is 2.28. The lowest BCUT2D eigenvalue weighted by Gasteiger charge is -2.28. The number of aromatic nitrogens is 2. The molecule has 0 bridgehead atoms. The third kappa shape index (κ3) is 5.55. The quantitative estimate of drug-likeness (QED) is 0.312. The van der Waals surface area contributed by atoms with Crippen molar-refractivity contribution in [3.05, 3.63) is 123 Å². The van der Waals surface area contributed by atoms with E-state index in [9.17, 15) is 9.59 Å². The normalized spacial score (nSPS) is 13.1. The van der Waals surface area contributed by atoms with Crippen LogP contribution in [0.15, 0.2) is 84.9 Å². The maximum Gasteiger partial charge on any atom is 0.272 e. The van der Waals surface area contributed by atoms with Gasteiger partial charge in [0.1, 0.15) is 5.69 Å². The summed E-state index contributed by atoms with van der Waals surface area (Å²) in [5.41, 5.74) is 3.72. The summed E-state index contributed by atoms with van der Waals surface area (Å²) in [6, 6.07) is 27.4. The van der Waals surface area contributed by atoms with Crippen LogP contribution in [0.1, 0.15) is 50.0 Å². The van der Waals surface area contributed by atoms with Gasteiger partial charge in [-0.25, -0.2) is 0 Å². The van der Waals surface area contributed by atoms with E-state index in [-0.39, 0.29) is 23.4 Å². The van der Waals surface area contributed by atoms with E-state index in [0.717, 1.165) is 6.42 Å². The molecule has 5 rings (SSSR count). The molecular weight excluding hydrogens is 507 g/mol. The molecule has 0 spiro atoms. The zero-order valence-corrected chi connectivity index (χ0v) is 21.6. The van der Waals surface area contributed by atoms with E-state index in [1.165, 1.54) is 11.1 Å². The Morgan fingerprint density at radius 3 is 2.14 bits per heavy atom. The monoisotopic (exact) mass is 532 g/mol. The molecule has 2 amide bonds. The minimum atomic E-state index is -0.296. The highest BCUT2D eigenvalue weighted by Gasteiger charge is 2.29. The number of carbonyl (C=O) groups excluding carboxylic acids is 2. The molecule has 1 aliphatic heterocycles. The standard InChI is InChI=1S/C29H26Cl2N4O2/c30-24-12-7-13-25(31)23(24)19-34-16-17-35-27(29(34)37)18-26(33-35)28(36)32-15-14-22(20-8-3-1-4-9-20)21-10-5-2-6-11-21/h1-13,18,22H,14-17,19H2,(H,32,36). The highest BCUT2D eigenvalue weighted by molar-refractivity contribution is 6.36. The van der Waals surface area contributed by atoms with Gasteiger partial charge in [0.15, 0.2) is 5.69 Å². The zero-order valence-electron chi connectivity index (χ0n) is 20.1. The minimum absolute atomic E-state index is 0.157. The number of hydrogen-bond acceptors (Lipinski definition) is 3. The Bertz CT molecular complexity index is 1350. The minimum Gasteiger partial charge on any atom is -0.351 e. The number of nitrogens with zero attached hydrogens (tertiary/aromatic N) is 3. The summed E-state index contributed by atoms with van der Waals surface area (Å²) in [5.74, 6) is -0.345. The molecule has 0 unspecified atom stereocenters. The fraction of sp³-hybridized carbons (Fsp3) is 0.207. The average molecular weight is 533 g/mol. The van der Waals surface area contributed by atoms with Crippen LogP contribution in [0.3, 0.4) is 0 Å². The van der Waals surface area contributed by atoms with Gasteiger partial charge in [0.25, 0.3) is 11.8 Å². The van der Waals surface area contributed by atoms with Crippen molar-refractivity contribution >= 4 is 35.0 Å². The number of halogens is 2. The zero-order chi connectivity index (χ0) is 25.8. The Morgan fingerprint density at radius 1 is 0.892 bits per heavy atom. The Labute approximate surface area is 225 Å². The first-order valence-corrected chi connectivity index (χ1v) is 12.9. The molecule has 0 saturated carbocycles. The first-order chi connectivity index (χ1) is 18.0. The van der Waals surface area contributed by atoms with Gasteiger partial charge in [0, 0.05) is 47.2 Å². The maximum absolute atomic E-state index is 13.1. The fourth-order valence-electron chi connectivity index (χ4n) is 4.69. The van der Waals surface area contributed by atoms with Gasteiger partial charge >= 0.3 is 0 Å². The van der Waals surface area contributed by atoms with Crippen molar-refractivity contribution in [1.82, 2.24) is 20.0 Å². The van der Waals surface area contributed by atoms with Crippen LogP contribution in [-0.4, -0.2) is 39.6 Å². The molecule has 0 fully saturated rings. The first-order valence-electron chi connectivity index (χ1n) is 12.2. The molecule has 2 heterocycles. The third-order valence-corrected chi connectivity index (χ3v) is 7.34. The summed E-state index contributed by atoms with van der Waals surface area (Å²) in [6.07, 6.45) is 0.735. The van der Waals surface area contributed by atoms with E-state index < -0.39 is 0 Å². The van der Waals surface area contributed by atoms with Crippen molar-refractivity contribution in [3.8, 4) is 0 Å². The number of nitrogens with one attached hydrogen (secondary N) is 1. The lowest BCUT2D eigenvalue weighted by atomic mass is 9.88. The molecule has 188 valence electrons. The van der Waals surface area contributed by atoms with Crippen LogP contribution in [0.25, 0.3) is 0 Å². The second kappa shape index (κ2) is 11.2. The predicted molar refractivity (Wildman–Crippen MR) is 145 cm³/mol. The second-order valence-electron chi connectivity index (χ2n) is 8.98. The number of carbonyl (C=O) groups is 2. The van der Waals surface area contributed by atoms with Gasteiger partial charge in [-0.15, -0.1) is 0 Å². The second-order valence-corrected chi connectivity index (χ2v) is 9.80. The molecule has 1 aliphatic rings. The average Bonchev–Trinajstić information content (AvgIpc) is 3.36. The SMILES string of the molecule is O=C(NCCC(c1ccccc1)c1ccccc1)c1cc2n(n1)CCN(Cc1c(Cl)cccc1Cl)C2=O. The van der Waals surface area contributed by atoms with Crippen LogP contribution in [-0.2, 0) is 13.1 Å². The molecule has 0 aliphatic carbocycles. The lowest BCUT2D eigenvalue weighted by molar-refractivity contribution is 0.0683. The molecule has 8 heteroatoms. The molecule has 1 N–H and O–H groups in total. The lowest BCUT2D eigenvalue weighted by Crippen LogP contribution is -2.39. The van der Waals surface area contributed by atoms with E-state index in [4.69, 9.17) is 23.2 Å². The van der Waals surface area contributed by atoms with E-state index in [1.807, 2.05) is 36.4 Å². The third-order valence-electron chi connectivity index (χ3n) is 6.63. The summed E-state index contributed by atoms with van der Waals surface area (Å²) < 4.78 is 1.60. The van der Waals surface area contributed by atoms with E-state index in [2.05, 4.69) is 34.7 Å².